The molecule has 2 unspecified atom stereocenters. The molecular weight excluding hydrogens is 212 g/mol. The lowest BCUT2D eigenvalue weighted by atomic mass is 10.1. The van der Waals surface area contributed by atoms with E-state index in [9.17, 15) is 0 Å². The van der Waals surface area contributed by atoms with E-state index in [1.807, 2.05) is 11.7 Å². The highest BCUT2D eigenvalue weighted by atomic mass is 15.3. The van der Waals surface area contributed by atoms with Crippen molar-refractivity contribution >= 4 is 0 Å². The van der Waals surface area contributed by atoms with Gasteiger partial charge in [-0.2, -0.15) is 5.10 Å². The number of nitrogens with one attached hydrogen (secondary N) is 1. The highest BCUT2D eigenvalue weighted by Gasteiger charge is 2.27. The van der Waals surface area contributed by atoms with Crippen LogP contribution >= 0.6 is 0 Å². The van der Waals surface area contributed by atoms with Gasteiger partial charge in [-0.3, -0.25) is 9.58 Å². The molecule has 0 aromatic carbocycles. The molecule has 1 saturated heterocycles. The van der Waals surface area contributed by atoms with Crippen LogP contribution in [0.5, 0.6) is 0 Å². The van der Waals surface area contributed by atoms with E-state index in [4.69, 9.17) is 0 Å². The first-order chi connectivity index (χ1) is 8.13. The van der Waals surface area contributed by atoms with Crippen molar-refractivity contribution < 1.29 is 0 Å². The average Bonchev–Trinajstić information content (AvgIpc) is 2.89. The maximum atomic E-state index is 4.45. The molecule has 2 heterocycles. The molecule has 4 heteroatoms. The predicted octanol–water partition coefficient (Wildman–Crippen LogP) is 1.47. The summed E-state index contributed by atoms with van der Waals surface area (Å²) in [4.78, 5) is 2.59. The van der Waals surface area contributed by atoms with Crippen molar-refractivity contribution in [3.63, 3.8) is 0 Å². The molecule has 1 aliphatic heterocycles. The normalized spacial score (nSPS) is 22.3. The van der Waals surface area contributed by atoms with E-state index >= 15 is 0 Å². The lowest BCUT2D eigenvalue weighted by Crippen LogP contribution is -2.38. The summed E-state index contributed by atoms with van der Waals surface area (Å²) < 4.78 is 1.92. The largest absolute Gasteiger partial charge is 0.315 e. The Morgan fingerprint density at radius 3 is 2.88 bits per heavy atom. The topological polar surface area (TPSA) is 33.1 Å². The first-order valence-corrected chi connectivity index (χ1v) is 6.60. The molecule has 0 amide bonds. The number of hydrogen-bond acceptors (Lipinski definition) is 3. The van der Waals surface area contributed by atoms with Crippen molar-refractivity contribution in [1.29, 1.82) is 0 Å². The van der Waals surface area contributed by atoms with E-state index in [-0.39, 0.29) is 0 Å². The number of rotatable bonds is 4. The van der Waals surface area contributed by atoms with E-state index in [2.05, 4.69) is 42.3 Å². The number of aryl methyl sites for hydroxylation is 2. The molecule has 2 atom stereocenters. The molecule has 96 valence electrons. The molecule has 2 rings (SSSR count). The minimum atomic E-state index is 0.457. The Hall–Kier alpha value is -0.870. The number of nitrogens with zero attached hydrogens (tertiary/aromatic N) is 3. The van der Waals surface area contributed by atoms with Gasteiger partial charge in [-0.05, 0) is 33.4 Å². The van der Waals surface area contributed by atoms with Gasteiger partial charge in [0.1, 0.15) is 0 Å². The Kier molecular flexibility index (Phi) is 3.84. The first kappa shape index (κ1) is 12.6. The van der Waals surface area contributed by atoms with Gasteiger partial charge in [0.15, 0.2) is 0 Å². The van der Waals surface area contributed by atoms with Crippen LogP contribution in [-0.4, -0.2) is 40.4 Å². The fourth-order valence-corrected chi connectivity index (χ4v) is 2.98. The van der Waals surface area contributed by atoms with E-state index in [0.29, 0.717) is 12.1 Å². The zero-order chi connectivity index (χ0) is 12.4. The SMILES string of the molecule is CCN(C1CCNC1)C(C)c1cn(C)nc1C. The highest BCUT2D eigenvalue weighted by molar-refractivity contribution is 5.19. The Morgan fingerprint density at radius 1 is 1.65 bits per heavy atom. The molecule has 17 heavy (non-hydrogen) atoms. The molecule has 0 aliphatic carbocycles. The maximum Gasteiger partial charge on any atom is 0.0641 e. The quantitative estimate of drug-likeness (QED) is 0.859. The van der Waals surface area contributed by atoms with Crippen LogP contribution in [0.2, 0.25) is 0 Å². The van der Waals surface area contributed by atoms with Crippen molar-refractivity contribution in [1.82, 2.24) is 20.0 Å². The van der Waals surface area contributed by atoms with Crippen LogP contribution in [0.15, 0.2) is 6.20 Å². The summed E-state index contributed by atoms with van der Waals surface area (Å²) in [6.07, 6.45) is 3.42. The number of likely N-dealkylation sites (N-methyl/N-ethyl adjacent to an activating group) is 1. The third kappa shape index (κ3) is 2.53. The monoisotopic (exact) mass is 236 g/mol. The molecule has 1 aromatic rings. The van der Waals surface area contributed by atoms with Gasteiger partial charge in [0, 0.05) is 37.4 Å². The predicted molar refractivity (Wildman–Crippen MR) is 70.0 cm³/mol. The van der Waals surface area contributed by atoms with E-state index in [1.165, 1.54) is 12.0 Å². The van der Waals surface area contributed by atoms with Crippen LogP contribution in [0.25, 0.3) is 0 Å². The Morgan fingerprint density at radius 2 is 2.41 bits per heavy atom. The fourth-order valence-electron chi connectivity index (χ4n) is 2.98. The molecule has 4 nitrogen and oxygen atoms in total. The number of aromatic nitrogens is 2. The van der Waals surface area contributed by atoms with Gasteiger partial charge < -0.3 is 5.32 Å². The molecule has 0 saturated carbocycles. The summed E-state index contributed by atoms with van der Waals surface area (Å²) in [5.41, 5.74) is 2.52. The van der Waals surface area contributed by atoms with Crippen LogP contribution in [0, 0.1) is 6.92 Å². The second-order valence-electron chi connectivity index (χ2n) is 5.00. The zero-order valence-corrected chi connectivity index (χ0v) is 11.4. The van der Waals surface area contributed by atoms with Crippen molar-refractivity contribution in [3.05, 3.63) is 17.5 Å². The van der Waals surface area contributed by atoms with Crippen LogP contribution < -0.4 is 5.32 Å². The lowest BCUT2D eigenvalue weighted by Gasteiger charge is -2.33. The summed E-state index contributed by atoms with van der Waals surface area (Å²) in [7, 11) is 2.00. The molecule has 1 N–H and O–H groups in total. The minimum absolute atomic E-state index is 0.457. The Bertz CT molecular complexity index is 365. The van der Waals surface area contributed by atoms with Crippen molar-refractivity contribution in [2.45, 2.75) is 39.3 Å². The highest BCUT2D eigenvalue weighted by Crippen LogP contribution is 2.26. The van der Waals surface area contributed by atoms with E-state index in [0.717, 1.165) is 25.3 Å². The second-order valence-corrected chi connectivity index (χ2v) is 5.00. The lowest BCUT2D eigenvalue weighted by molar-refractivity contribution is 0.162. The van der Waals surface area contributed by atoms with Crippen LogP contribution in [0.4, 0.5) is 0 Å². The van der Waals surface area contributed by atoms with Crippen molar-refractivity contribution in [3.8, 4) is 0 Å². The summed E-state index contributed by atoms with van der Waals surface area (Å²) in [6.45, 7) is 10.0. The van der Waals surface area contributed by atoms with E-state index in [1.54, 1.807) is 0 Å². The van der Waals surface area contributed by atoms with Gasteiger partial charge in [-0.15, -0.1) is 0 Å². The van der Waals surface area contributed by atoms with Crippen LogP contribution in [0.3, 0.4) is 0 Å². The van der Waals surface area contributed by atoms with Gasteiger partial charge in [0.05, 0.1) is 5.69 Å². The average molecular weight is 236 g/mol. The molecule has 1 aromatic heterocycles. The van der Waals surface area contributed by atoms with E-state index < -0.39 is 0 Å². The van der Waals surface area contributed by atoms with Gasteiger partial charge in [-0.25, -0.2) is 0 Å². The summed E-state index contributed by atoms with van der Waals surface area (Å²) >= 11 is 0. The third-order valence-electron chi connectivity index (χ3n) is 3.87. The Labute approximate surface area is 104 Å². The summed E-state index contributed by atoms with van der Waals surface area (Å²) in [6, 6.07) is 1.13. The fraction of sp³-hybridized carbons (Fsp3) is 0.769. The molecule has 0 bridgehead atoms. The molecule has 0 radical (unpaired) electrons. The molecule has 1 aliphatic rings. The number of hydrogen-bond donors (Lipinski definition) is 1. The van der Waals surface area contributed by atoms with Gasteiger partial charge in [-0.1, -0.05) is 6.92 Å². The summed E-state index contributed by atoms with van der Waals surface area (Å²) in [5, 5.41) is 7.90. The smallest absolute Gasteiger partial charge is 0.0641 e. The van der Waals surface area contributed by atoms with Gasteiger partial charge in [0.25, 0.3) is 0 Å². The van der Waals surface area contributed by atoms with Crippen LogP contribution in [0.1, 0.15) is 37.6 Å². The maximum absolute atomic E-state index is 4.45. The zero-order valence-electron chi connectivity index (χ0n) is 11.4. The van der Waals surface area contributed by atoms with Crippen molar-refractivity contribution in [2.24, 2.45) is 7.05 Å². The Balaban J connectivity index is 2.16. The van der Waals surface area contributed by atoms with Gasteiger partial charge in [0.2, 0.25) is 0 Å². The van der Waals surface area contributed by atoms with Crippen LogP contribution in [-0.2, 0) is 7.05 Å². The minimum Gasteiger partial charge on any atom is -0.315 e. The molecule has 1 fully saturated rings. The second kappa shape index (κ2) is 5.19. The molecule has 0 spiro atoms. The summed E-state index contributed by atoms with van der Waals surface area (Å²) in [5.74, 6) is 0. The molecular formula is C13H24N4. The first-order valence-electron chi connectivity index (χ1n) is 6.60. The third-order valence-corrected chi connectivity index (χ3v) is 3.87. The standard InChI is InChI=1S/C13H24N4/c1-5-17(12-6-7-14-8-12)11(3)13-9-16(4)15-10(13)2/h9,11-12,14H,5-8H2,1-4H3. The van der Waals surface area contributed by atoms with Crippen molar-refractivity contribution in [2.75, 3.05) is 19.6 Å². The van der Waals surface area contributed by atoms with Gasteiger partial charge >= 0.3 is 0 Å².